The molecule has 2 N–H and O–H groups in total. The topological polar surface area (TPSA) is 76.1 Å². The van der Waals surface area contributed by atoms with Crippen molar-refractivity contribution in [1.82, 2.24) is 19.6 Å². The van der Waals surface area contributed by atoms with E-state index in [1.54, 1.807) is 0 Å². The van der Waals surface area contributed by atoms with Crippen LogP contribution in [0.15, 0.2) is 0 Å². The maximum absolute atomic E-state index is 10.1. The molecule has 0 bridgehead atoms. The molecule has 0 fully saturated rings. The van der Waals surface area contributed by atoms with E-state index in [-0.39, 0.29) is 24.8 Å². The van der Waals surface area contributed by atoms with Crippen LogP contribution in [0, 0.1) is 24.7 Å². The van der Waals surface area contributed by atoms with E-state index in [2.05, 4.69) is 22.0 Å². The molecule has 2 heterocycles. The Morgan fingerprint density at radius 3 is 1.65 bits per heavy atom. The summed E-state index contributed by atoms with van der Waals surface area (Å²) in [6.07, 6.45) is 11.3. The van der Waals surface area contributed by atoms with E-state index < -0.39 is 0 Å². The molecule has 0 spiro atoms. The smallest absolute Gasteiger partial charge is 0.214 e. The van der Waals surface area contributed by atoms with Gasteiger partial charge in [0.1, 0.15) is 13.1 Å². The average molecular weight is 268 g/mol. The lowest BCUT2D eigenvalue weighted by molar-refractivity contribution is 0.407. The van der Waals surface area contributed by atoms with Crippen molar-refractivity contribution in [3.05, 3.63) is 22.5 Å². The molecule has 1 aliphatic rings. The number of rotatable bonds is 2. The summed E-state index contributed by atoms with van der Waals surface area (Å²) < 4.78 is 2.76. The Labute approximate surface area is 115 Å². The van der Waals surface area contributed by atoms with Crippen molar-refractivity contribution in [3.63, 3.8) is 0 Å². The summed E-state index contributed by atoms with van der Waals surface area (Å²) in [7, 11) is 0. The molecule has 6 heteroatoms. The highest BCUT2D eigenvalue weighted by Gasteiger charge is 2.29. The Morgan fingerprint density at radius 2 is 1.30 bits per heavy atom. The molecule has 1 aliphatic carbocycles. The van der Waals surface area contributed by atoms with Crippen LogP contribution < -0.4 is 0 Å². The van der Waals surface area contributed by atoms with Crippen LogP contribution in [0.25, 0.3) is 0 Å². The second-order valence-electron chi connectivity index (χ2n) is 4.57. The van der Waals surface area contributed by atoms with Gasteiger partial charge < -0.3 is 10.2 Å². The van der Waals surface area contributed by atoms with Crippen molar-refractivity contribution in [2.24, 2.45) is 0 Å². The van der Waals surface area contributed by atoms with E-state index in [1.165, 1.54) is 9.36 Å². The van der Waals surface area contributed by atoms with Gasteiger partial charge in [0.2, 0.25) is 11.8 Å². The van der Waals surface area contributed by atoms with Gasteiger partial charge in [0.05, 0.1) is 11.4 Å². The third kappa shape index (κ3) is 1.63. The van der Waals surface area contributed by atoms with Crippen molar-refractivity contribution in [1.29, 1.82) is 0 Å². The zero-order valence-corrected chi connectivity index (χ0v) is 10.7. The number of hydrogen-bond acceptors (Lipinski definition) is 4. The highest BCUT2D eigenvalue weighted by molar-refractivity contribution is 5.47. The molecule has 0 saturated carbocycles. The van der Waals surface area contributed by atoms with E-state index in [4.69, 9.17) is 12.8 Å². The molecule has 0 aromatic carbocycles. The molecule has 3 rings (SSSR count). The van der Waals surface area contributed by atoms with Gasteiger partial charge in [0, 0.05) is 24.0 Å². The number of aromatic hydroxyl groups is 2. The minimum atomic E-state index is 0.0644. The van der Waals surface area contributed by atoms with Gasteiger partial charge in [-0.2, -0.15) is 10.2 Å². The van der Waals surface area contributed by atoms with E-state index >= 15 is 0 Å². The third-order valence-corrected chi connectivity index (χ3v) is 3.38. The first-order chi connectivity index (χ1) is 9.65. The van der Waals surface area contributed by atoms with Crippen molar-refractivity contribution >= 4 is 0 Å². The summed E-state index contributed by atoms with van der Waals surface area (Å²) in [5.41, 5.74) is 2.83. The SMILES string of the molecule is C#CCn1nc2c(c1O)Cc1nn(CC#C)c(O)c1C2. The van der Waals surface area contributed by atoms with Gasteiger partial charge in [0.25, 0.3) is 0 Å². The summed E-state index contributed by atoms with van der Waals surface area (Å²) in [4.78, 5) is 0. The Bertz CT molecular complexity index is 704. The van der Waals surface area contributed by atoms with Gasteiger partial charge in [-0.05, 0) is 0 Å². The number of fused-ring (bicyclic) bond motifs is 2. The van der Waals surface area contributed by atoms with Crippen LogP contribution >= 0.6 is 0 Å². The fourth-order valence-corrected chi connectivity index (χ4v) is 2.45. The van der Waals surface area contributed by atoms with Crippen molar-refractivity contribution in [3.8, 4) is 36.4 Å². The molecular weight excluding hydrogens is 256 g/mol. The second-order valence-corrected chi connectivity index (χ2v) is 4.57. The maximum Gasteiger partial charge on any atom is 0.214 e. The Kier molecular flexibility index (Phi) is 2.66. The number of hydrogen-bond donors (Lipinski definition) is 2. The molecule has 2 aromatic heterocycles. The molecular formula is C14H12N4O2. The summed E-state index contributed by atoms with van der Waals surface area (Å²) >= 11 is 0. The highest BCUT2D eigenvalue weighted by atomic mass is 16.3. The maximum atomic E-state index is 10.1. The molecule has 20 heavy (non-hydrogen) atoms. The summed E-state index contributed by atoms with van der Waals surface area (Å²) in [5, 5.41) is 28.7. The van der Waals surface area contributed by atoms with Gasteiger partial charge in [0.15, 0.2) is 0 Å². The Morgan fingerprint density at radius 1 is 0.900 bits per heavy atom. The average Bonchev–Trinajstić information content (AvgIpc) is 2.89. The Hall–Kier alpha value is -2.86. The van der Waals surface area contributed by atoms with Gasteiger partial charge in [-0.15, -0.1) is 12.8 Å². The first-order valence-corrected chi connectivity index (χ1v) is 6.07. The third-order valence-electron chi connectivity index (χ3n) is 3.38. The van der Waals surface area contributed by atoms with Crippen LogP contribution in [-0.4, -0.2) is 29.8 Å². The van der Waals surface area contributed by atoms with Gasteiger partial charge in [-0.1, -0.05) is 11.8 Å². The first-order valence-electron chi connectivity index (χ1n) is 6.07. The van der Waals surface area contributed by atoms with Crippen molar-refractivity contribution < 1.29 is 10.2 Å². The summed E-state index contributed by atoms with van der Waals surface area (Å²) in [6, 6.07) is 0. The summed E-state index contributed by atoms with van der Waals surface area (Å²) in [6.45, 7) is 0.416. The number of nitrogens with zero attached hydrogens (tertiary/aromatic N) is 4. The first kappa shape index (κ1) is 12.2. The van der Waals surface area contributed by atoms with E-state index in [9.17, 15) is 10.2 Å². The van der Waals surface area contributed by atoms with E-state index in [1.807, 2.05) is 0 Å². The lowest BCUT2D eigenvalue weighted by atomic mass is 9.95. The number of terminal acetylenes is 2. The fraction of sp³-hybridized carbons (Fsp3) is 0.286. The molecule has 0 saturated heterocycles. The van der Waals surface area contributed by atoms with Crippen molar-refractivity contribution in [2.45, 2.75) is 25.9 Å². The van der Waals surface area contributed by atoms with Gasteiger partial charge >= 0.3 is 0 Å². The predicted molar refractivity (Wildman–Crippen MR) is 71.1 cm³/mol. The fourth-order valence-electron chi connectivity index (χ4n) is 2.45. The van der Waals surface area contributed by atoms with Crippen LogP contribution in [-0.2, 0) is 25.9 Å². The highest BCUT2D eigenvalue weighted by Crippen LogP contribution is 2.35. The molecule has 6 nitrogen and oxygen atoms in total. The predicted octanol–water partition coefficient (Wildman–Crippen LogP) is 0.252. The minimum Gasteiger partial charge on any atom is -0.493 e. The Balaban J connectivity index is 2.03. The van der Waals surface area contributed by atoms with Crippen LogP contribution in [0.1, 0.15) is 22.5 Å². The number of aromatic nitrogens is 4. The molecule has 100 valence electrons. The van der Waals surface area contributed by atoms with E-state index in [0.29, 0.717) is 35.4 Å². The largest absolute Gasteiger partial charge is 0.493 e. The molecule has 2 aromatic rings. The van der Waals surface area contributed by atoms with Crippen molar-refractivity contribution in [2.75, 3.05) is 0 Å². The van der Waals surface area contributed by atoms with E-state index in [0.717, 1.165) is 0 Å². The molecule has 0 aliphatic heterocycles. The molecule has 0 unspecified atom stereocenters. The van der Waals surface area contributed by atoms with Crippen LogP contribution in [0.2, 0.25) is 0 Å². The van der Waals surface area contributed by atoms with Gasteiger partial charge in [-0.25, -0.2) is 9.36 Å². The molecule has 0 amide bonds. The summed E-state index contributed by atoms with van der Waals surface area (Å²) in [5.74, 6) is 5.00. The van der Waals surface area contributed by atoms with Crippen LogP contribution in [0.5, 0.6) is 11.8 Å². The standard InChI is InChI=1S/C14H12N4O2/c1-3-5-17-13(19)9-7-12-10(8-11(9)15-17)14(20)18(16-12)6-4-2/h1-2,19-20H,5-8H2. The van der Waals surface area contributed by atoms with Crippen LogP contribution in [0.3, 0.4) is 0 Å². The minimum absolute atomic E-state index is 0.0644. The van der Waals surface area contributed by atoms with Gasteiger partial charge in [-0.3, -0.25) is 0 Å². The lowest BCUT2D eigenvalue weighted by Crippen LogP contribution is -2.05. The quantitative estimate of drug-likeness (QED) is 0.653. The lowest BCUT2D eigenvalue weighted by Gasteiger charge is -2.08. The zero-order chi connectivity index (χ0) is 14.3. The zero-order valence-electron chi connectivity index (χ0n) is 10.7. The van der Waals surface area contributed by atoms with Crippen LogP contribution in [0.4, 0.5) is 0 Å². The second kappa shape index (κ2) is 4.36. The molecule has 0 atom stereocenters. The molecule has 0 radical (unpaired) electrons. The normalized spacial score (nSPS) is 12.3. The monoisotopic (exact) mass is 268 g/mol.